The molecule has 0 atom stereocenters. The van der Waals surface area contributed by atoms with Crippen molar-refractivity contribution in [3.8, 4) is 0 Å². The quantitative estimate of drug-likeness (QED) is 0.805. The summed E-state index contributed by atoms with van der Waals surface area (Å²) in [6.07, 6.45) is 4.84. The van der Waals surface area contributed by atoms with Crippen LogP contribution < -0.4 is 10.6 Å². The first-order valence-corrected chi connectivity index (χ1v) is 6.75. The third-order valence-corrected chi connectivity index (χ3v) is 3.25. The second-order valence-electron chi connectivity index (χ2n) is 4.83. The lowest BCUT2D eigenvalue weighted by molar-refractivity contribution is 0.365. The van der Waals surface area contributed by atoms with Gasteiger partial charge < -0.3 is 10.6 Å². The van der Waals surface area contributed by atoms with E-state index in [0.717, 1.165) is 18.8 Å². The summed E-state index contributed by atoms with van der Waals surface area (Å²) in [6.45, 7) is 4.50. The SMILES string of the molecule is CNC/C(=C\Nc1ccccc1)CN1CCCC1. The van der Waals surface area contributed by atoms with Crippen LogP contribution in [0, 0.1) is 0 Å². The molecule has 1 aromatic rings. The fraction of sp³-hybridized carbons (Fsp3) is 0.467. The van der Waals surface area contributed by atoms with E-state index in [0.29, 0.717) is 0 Å². The highest BCUT2D eigenvalue weighted by molar-refractivity contribution is 5.45. The van der Waals surface area contributed by atoms with Gasteiger partial charge in [0.1, 0.15) is 0 Å². The molecule has 0 saturated carbocycles. The Kier molecular flexibility index (Phi) is 5.24. The molecule has 0 bridgehead atoms. The molecule has 1 fully saturated rings. The normalized spacial score (nSPS) is 17.1. The predicted molar refractivity (Wildman–Crippen MR) is 77.7 cm³/mol. The zero-order valence-electron chi connectivity index (χ0n) is 11.2. The summed E-state index contributed by atoms with van der Waals surface area (Å²) in [5.74, 6) is 0. The Morgan fingerprint density at radius 2 is 1.94 bits per heavy atom. The molecule has 0 aliphatic carbocycles. The lowest BCUT2D eigenvalue weighted by Gasteiger charge is -2.17. The van der Waals surface area contributed by atoms with Crippen LogP contribution in [-0.4, -0.2) is 38.1 Å². The lowest BCUT2D eigenvalue weighted by atomic mass is 10.2. The molecule has 1 aliphatic heterocycles. The average molecular weight is 245 g/mol. The fourth-order valence-corrected chi connectivity index (χ4v) is 2.33. The highest BCUT2D eigenvalue weighted by atomic mass is 15.1. The van der Waals surface area contributed by atoms with Crippen LogP contribution in [0.5, 0.6) is 0 Å². The molecule has 3 heteroatoms. The summed E-state index contributed by atoms with van der Waals surface area (Å²) in [6, 6.07) is 10.3. The Balaban J connectivity index is 1.91. The maximum atomic E-state index is 3.37. The summed E-state index contributed by atoms with van der Waals surface area (Å²) in [5, 5.41) is 6.62. The minimum Gasteiger partial charge on any atom is -0.362 e. The number of likely N-dealkylation sites (tertiary alicyclic amines) is 1. The molecule has 2 N–H and O–H groups in total. The maximum absolute atomic E-state index is 3.37. The molecule has 3 nitrogen and oxygen atoms in total. The second kappa shape index (κ2) is 7.19. The molecule has 18 heavy (non-hydrogen) atoms. The molecule has 0 amide bonds. The van der Waals surface area contributed by atoms with Crippen molar-refractivity contribution in [1.29, 1.82) is 0 Å². The average Bonchev–Trinajstić information content (AvgIpc) is 2.90. The van der Waals surface area contributed by atoms with Crippen LogP contribution in [0.2, 0.25) is 0 Å². The topological polar surface area (TPSA) is 27.3 Å². The third-order valence-electron chi connectivity index (χ3n) is 3.25. The van der Waals surface area contributed by atoms with Crippen LogP contribution in [0.4, 0.5) is 5.69 Å². The van der Waals surface area contributed by atoms with Crippen molar-refractivity contribution in [2.75, 3.05) is 38.5 Å². The van der Waals surface area contributed by atoms with E-state index in [9.17, 15) is 0 Å². The van der Waals surface area contributed by atoms with E-state index in [1.54, 1.807) is 0 Å². The monoisotopic (exact) mass is 245 g/mol. The van der Waals surface area contributed by atoms with Gasteiger partial charge in [-0.15, -0.1) is 0 Å². The molecule has 1 heterocycles. The molecular formula is C15H23N3. The number of nitrogens with zero attached hydrogens (tertiary/aromatic N) is 1. The minimum absolute atomic E-state index is 0.941. The van der Waals surface area contributed by atoms with Crippen LogP contribution in [0.1, 0.15) is 12.8 Å². The fourth-order valence-electron chi connectivity index (χ4n) is 2.33. The van der Waals surface area contributed by atoms with Crippen LogP contribution in [0.3, 0.4) is 0 Å². The van der Waals surface area contributed by atoms with Crippen molar-refractivity contribution in [3.05, 3.63) is 42.1 Å². The van der Waals surface area contributed by atoms with Crippen molar-refractivity contribution in [3.63, 3.8) is 0 Å². The highest BCUT2D eigenvalue weighted by Crippen LogP contribution is 2.11. The zero-order chi connectivity index (χ0) is 12.6. The Bertz CT molecular complexity index is 367. The molecule has 98 valence electrons. The first-order chi connectivity index (χ1) is 8.88. The lowest BCUT2D eigenvalue weighted by Crippen LogP contribution is -2.26. The summed E-state index contributed by atoms with van der Waals surface area (Å²) in [7, 11) is 2.00. The van der Waals surface area contributed by atoms with Gasteiger partial charge in [-0.25, -0.2) is 0 Å². The van der Waals surface area contributed by atoms with E-state index >= 15 is 0 Å². The molecule has 1 saturated heterocycles. The highest BCUT2D eigenvalue weighted by Gasteiger charge is 2.12. The zero-order valence-corrected chi connectivity index (χ0v) is 11.2. The predicted octanol–water partition coefficient (Wildman–Crippen LogP) is 2.30. The Hall–Kier alpha value is -1.32. The van der Waals surface area contributed by atoms with Crippen molar-refractivity contribution in [2.24, 2.45) is 0 Å². The van der Waals surface area contributed by atoms with Crippen LogP contribution in [-0.2, 0) is 0 Å². The van der Waals surface area contributed by atoms with Gasteiger partial charge in [0.25, 0.3) is 0 Å². The molecule has 2 rings (SSSR count). The number of nitrogens with one attached hydrogen (secondary N) is 2. The Labute approximate surface area is 110 Å². The number of hydrogen-bond acceptors (Lipinski definition) is 3. The van der Waals surface area contributed by atoms with Crippen molar-refractivity contribution in [2.45, 2.75) is 12.8 Å². The van der Waals surface area contributed by atoms with E-state index in [-0.39, 0.29) is 0 Å². The number of hydrogen-bond donors (Lipinski definition) is 2. The minimum atomic E-state index is 0.941. The summed E-state index contributed by atoms with van der Waals surface area (Å²) >= 11 is 0. The van der Waals surface area contributed by atoms with Crippen LogP contribution in [0.25, 0.3) is 0 Å². The number of likely N-dealkylation sites (N-methyl/N-ethyl adjacent to an activating group) is 1. The summed E-state index contributed by atoms with van der Waals surface area (Å²) in [4.78, 5) is 2.52. The second-order valence-corrected chi connectivity index (χ2v) is 4.83. The van der Waals surface area contributed by atoms with Gasteiger partial charge in [0.15, 0.2) is 0 Å². The molecule has 1 aliphatic rings. The van der Waals surface area contributed by atoms with Gasteiger partial charge in [-0.1, -0.05) is 18.2 Å². The molecule has 0 radical (unpaired) electrons. The molecule has 1 aromatic carbocycles. The molecule has 0 spiro atoms. The number of benzene rings is 1. The largest absolute Gasteiger partial charge is 0.362 e. The van der Waals surface area contributed by atoms with E-state index < -0.39 is 0 Å². The van der Waals surface area contributed by atoms with Gasteiger partial charge in [-0.2, -0.15) is 0 Å². The van der Waals surface area contributed by atoms with E-state index in [2.05, 4.69) is 33.9 Å². The van der Waals surface area contributed by atoms with Gasteiger partial charge in [-0.05, 0) is 50.7 Å². The standard InChI is InChI=1S/C15H23N3/c1-16-11-14(13-18-9-5-6-10-18)12-17-15-7-3-2-4-8-15/h2-4,7-8,12,16-17H,5-6,9-11,13H2,1H3/b14-12+. The number of rotatable bonds is 6. The Morgan fingerprint density at radius 1 is 1.22 bits per heavy atom. The number of anilines is 1. The van der Waals surface area contributed by atoms with Crippen molar-refractivity contribution in [1.82, 2.24) is 10.2 Å². The van der Waals surface area contributed by atoms with Gasteiger partial charge in [0.2, 0.25) is 0 Å². The summed E-state index contributed by atoms with van der Waals surface area (Å²) < 4.78 is 0. The van der Waals surface area contributed by atoms with E-state index in [4.69, 9.17) is 0 Å². The van der Waals surface area contributed by atoms with E-state index in [1.807, 2.05) is 25.2 Å². The van der Waals surface area contributed by atoms with Gasteiger partial charge in [0, 0.05) is 25.0 Å². The van der Waals surface area contributed by atoms with Gasteiger partial charge in [0.05, 0.1) is 0 Å². The smallest absolute Gasteiger partial charge is 0.0379 e. The summed E-state index contributed by atoms with van der Waals surface area (Å²) in [5.41, 5.74) is 2.55. The van der Waals surface area contributed by atoms with Crippen LogP contribution >= 0.6 is 0 Å². The molecular weight excluding hydrogens is 222 g/mol. The van der Waals surface area contributed by atoms with E-state index in [1.165, 1.54) is 31.5 Å². The van der Waals surface area contributed by atoms with Crippen LogP contribution in [0.15, 0.2) is 42.1 Å². The maximum Gasteiger partial charge on any atom is 0.0379 e. The van der Waals surface area contributed by atoms with Gasteiger partial charge in [-0.3, -0.25) is 4.90 Å². The first kappa shape index (κ1) is 13.1. The molecule has 0 unspecified atom stereocenters. The third kappa shape index (κ3) is 4.17. The number of para-hydroxylation sites is 1. The molecule has 0 aromatic heterocycles. The van der Waals surface area contributed by atoms with Crippen molar-refractivity contribution >= 4 is 5.69 Å². The van der Waals surface area contributed by atoms with Crippen molar-refractivity contribution < 1.29 is 0 Å². The van der Waals surface area contributed by atoms with Gasteiger partial charge >= 0.3 is 0 Å². The first-order valence-electron chi connectivity index (χ1n) is 6.75. The Morgan fingerprint density at radius 3 is 2.61 bits per heavy atom.